The molecule has 7 nitrogen and oxygen atoms in total. The average Bonchev–Trinajstić information content (AvgIpc) is 2.61. The summed E-state index contributed by atoms with van der Waals surface area (Å²) in [6.07, 6.45) is 1.97. The number of ether oxygens (including phenoxy) is 1. The van der Waals surface area contributed by atoms with E-state index in [1.165, 1.54) is 19.2 Å². The molecule has 0 spiro atoms. The van der Waals surface area contributed by atoms with E-state index in [-0.39, 0.29) is 35.8 Å². The van der Waals surface area contributed by atoms with Gasteiger partial charge in [0.1, 0.15) is 0 Å². The number of likely N-dealkylation sites (tertiary alicyclic amines) is 1. The summed E-state index contributed by atoms with van der Waals surface area (Å²) < 4.78 is 31.5. The van der Waals surface area contributed by atoms with Crippen LogP contribution in [0.25, 0.3) is 0 Å². The van der Waals surface area contributed by atoms with E-state index < -0.39 is 10.0 Å². The smallest absolute Gasteiger partial charge is 0.253 e. The maximum atomic E-state index is 12.6. The number of nitrogens with zero attached hydrogens (tertiary/aromatic N) is 1. The second kappa shape index (κ2) is 10.2. The molecule has 0 bridgehead atoms. The highest BCUT2D eigenvalue weighted by molar-refractivity contribution is 7.89. The number of piperidine rings is 1. The lowest BCUT2D eigenvalue weighted by Crippen LogP contribution is -2.45. The molecule has 1 aliphatic rings. The lowest BCUT2D eigenvalue weighted by atomic mass is 9.92. The van der Waals surface area contributed by atoms with Gasteiger partial charge in [0.2, 0.25) is 10.0 Å². The summed E-state index contributed by atoms with van der Waals surface area (Å²) in [5, 5.41) is 0. The quantitative estimate of drug-likeness (QED) is 0.664. The zero-order chi connectivity index (χ0) is 18.4. The Kier molecular flexibility index (Phi) is 8.99. The summed E-state index contributed by atoms with van der Waals surface area (Å²) in [4.78, 5) is 14.6. The lowest BCUT2D eigenvalue weighted by molar-refractivity contribution is 0.0661. The molecular weight excluding hydrogens is 378 g/mol. The molecule has 2 atom stereocenters. The standard InChI is InChI=1S/C17H27N3O4S.ClH/c1-13(18)15-4-3-10-20(12-15)17(21)14-5-7-16(8-6-14)25(22,23)19-9-11-24-2;/h5-8,13,15,19H,3-4,9-12,18H2,1-2H3;1H. The fraction of sp³-hybridized carbons (Fsp3) is 0.588. The number of benzene rings is 1. The van der Waals surface area contributed by atoms with Gasteiger partial charge in [-0.15, -0.1) is 12.4 Å². The number of methoxy groups -OCH3 is 1. The number of rotatable bonds is 7. The van der Waals surface area contributed by atoms with Crippen LogP contribution in [0.3, 0.4) is 0 Å². The van der Waals surface area contributed by atoms with Gasteiger partial charge in [-0.25, -0.2) is 13.1 Å². The molecule has 0 radical (unpaired) electrons. The van der Waals surface area contributed by atoms with Crippen LogP contribution in [0.1, 0.15) is 30.1 Å². The first-order valence-electron chi connectivity index (χ1n) is 8.48. The minimum absolute atomic E-state index is 0. The fourth-order valence-corrected chi connectivity index (χ4v) is 3.96. The molecule has 26 heavy (non-hydrogen) atoms. The number of hydrogen-bond donors (Lipinski definition) is 2. The highest BCUT2D eigenvalue weighted by Crippen LogP contribution is 2.21. The normalized spacial score (nSPS) is 18.9. The van der Waals surface area contributed by atoms with Gasteiger partial charge in [0.15, 0.2) is 0 Å². The first-order valence-corrected chi connectivity index (χ1v) is 9.97. The number of amides is 1. The Morgan fingerprint density at radius 1 is 1.38 bits per heavy atom. The fourth-order valence-electron chi connectivity index (χ4n) is 2.94. The van der Waals surface area contributed by atoms with Crippen LogP contribution in [0.4, 0.5) is 0 Å². The maximum Gasteiger partial charge on any atom is 0.253 e. The van der Waals surface area contributed by atoms with E-state index in [9.17, 15) is 13.2 Å². The molecule has 0 aliphatic carbocycles. The third-order valence-electron chi connectivity index (χ3n) is 4.50. The Hall–Kier alpha value is -1.19. The average molecular weight is 406 g/mol. The van der Waals surface area contributed by atoms with Crippen LogP contribution in [0.5, 0.6) is 0 Å². The van der Waals surface area contributed by atoms with E-state index in [1.54, 1.807) is 17.0 Å². The van der Waals surface area contributed by atoms with E-state index in [4.69, 9.17) is 10.5 Å². The third-order valence-corrected chi connectivity index (χ3v) is 5.98. The monoisotopic (exact) mass is 405 g/mol. The Morgan fingerprint density at radius 2 is 2.04 bits per heavy atom. The predicted molar refractivity (Wildman–Crippen MR) is 103 cm³/mol. The van der Waals surface area contributed by atoms with E-state index in [0.717, 1.165) is 12.8 Å². The third kappa shape index (κ3) is 5.92. The van der Waals surface area contributed by atoms with E-state index in [0.29, 0.717) is 31.2 Å². The second-order valence-corrected chi connectivity index (χ2v) is 8.19. The van der Waals surface area contributed by atoms with Gasteiger partial charge >= 0.3 is 0 Å². The molecule has 1 aliphatic heterocycles. The topological polar surface area (TPSA) is 102 Å². The predicted octanol–water partition coefficient (Wildman–Crippen LogP) is 1.23. The Balaban J connectivity index is 0.00000338. The molecular formula is C17H28ClN3O4S. The van der Waals surface area contributed by atoms with Crippen molar-refractivity contribution in [2.45, 2.75) is 30.7 Å². The number of nitrogens with one attached hydrogen (secondary N) is 1. The van der Waals surface area contributed by atoms with Gasteiger partial charge in [0.25, 0.3) is 5.91 Å². The van der Waals surface area contributed by atoms with Gasteiger partial charge in [-0.3, -0.25) is 4.79 Å². The zero-order valence-corrected chi connectivity index (χ0v) is 16.8. The van der Waals surface area contributed by atoms with Crippen LogP contribution in [0, 0.1) is 5.92 Å². The SMILES string of the molecule is COCCNS(=O)(=O)c1ccc(C(=O)N2CCCC(C(C)N)C2)cc1.Cl. The molecule has 2 unspecified atom stereocenters. The van der Waals surface area contributed by atoms with E-state index >= 15 is 0 Å². The second-order valence-electron chi connectivity index (χ2n) is 6.43. The highest BCUT2D eigenvalue weighted by Gasteiger charge is 2.26. The summed E-state index contributed by atoms with van der Waals surface area (Å²) >= 11 is 0. The largest absolute Gasteiger partial charge is 0.383 e. The molecule has 1 aromatic rings. The van der Waals surface area contributed by atoms with Gasteiger partial charge in [0.05, 0.1) is 11.5 Å². The first kappa shape index (κ1) is 22.9. The van der Waals surface area contributed by atoms with Crippen LogP contribution >= 0.6 is 12.4 Å². The van der Waals surface area contributed by atoms with Crippen molar-refractivity contribution < 1.29 is 17.9 Å². The first-order chi connectivity index (χ1) is 11.8. The lowest BCUT2D eigenvalue weighted by Gasteiger charge is -2.34. The summed E-state index contributed by atoms with van der Waals surface area (Å²) in [7, 11) is -2.09. The Bertz CT molecular complexity index is 680. The maximum absolute atomic E-state index is 12.6. The number of halogens is 1. The molecule has 3 N–H and O–H groups in total. The molecule has 1 aromatic carbocycles. The zero-order valence-electron chi connectivity index (χ0n) is 15.2. The van der Waals surface area contributed by atoms with Crippen LogP contribution in [0.15, 0.2) is 29.2 Å². The van der Waals surface area contributed by atoms with Crippen molar-refractivity contribution in [3.8, 4) is 0 Å². The molecule has 1 amide bonds. The molecule has 0 aromatic heterocycles. The molecule has 9 heteroatoms. The summed E-state index contributed by atoms with van der Waals surface area (Å²) in [5.74, 6) is 0.226. The number of carbonyl (C=O) groups is 1. The van der Waals surface area contributed by atoms with Crippen molar-refractivity contribution in [3.63, 3.8) is 0 Å². The minimum Gasteiger partial charge on any atom is -0.383 e. The van der Waals surface area contributed by atoms with Crippen molar-refractivity contribution in [2.24, 2.45) is 11.7 Å². The van der Waals surface area contributed by atoms with Crippen molar-refractivity contribution in [1.29, 1.82) is 0 Å². The van der Waals surface area contributed by atoms with Crippen LogP contribution in [-0.4, -0.2) is 58.6 Å². The van der Waals surface area contributed by atoms with E-state index in [1.807, 2.05) is 6.92 Å². The molecule has 2 rings (SSSR count). The minimum atomic E-state index is -3.59. The van der Waals surface area contributed by atoms with Crippen molar-refractivity contribution >= 4 is 28.3 Å². The van der Waals surface area contributed by atoms with Crippen molar-refractivity contribution in [3.05, 3.63) is 29.8 Å². The molecule has 148 valence electrons. The Morgan fingerprint density at radius 3 is 2.62 bits per heavy atom. The van der Waals surface area contributed by atoms with Crippen LogP contribution < -0.4 is 10.5 Å². The highest BCUT2D eigenvalue weighted by atomic mass is 35.5. The number of hydrogen-bond acceptors (Lipinski definition) is 5. The Labute approximate surface area is 161 Å². The molecule has 1 saturated heterocycles. The van der Waals surface area contributed by atoms with Gasteiger partial charge in [-0.2, -0.15) is 0 Å². The van der Waals surface area contributed by atoms with Gasteiger partial charge in [-0.05, 0) is 49.9 Å². The van der Waals surface area contributed by atoms with Crippen LogP contribution in [0.2, 0.25) is 0 Å². The number of carbonyl (C=O) groups excluding carboxylic acids is 1. The molecule has 1 fully saturated rings. The van der Waals surface area contributed by atoms with Gasteiger partial charge < -0.3 is 15.4 Å². The van der Waals surface area contributed by atoms with Crippen LogP contribution in [-0.2, 0) is 14.8 Å². The van der Waals surface area contributed by atoms with Gasteiger partial charge in [0, 0.05) is 38.3 Å². The number of sulfonamides is 1. The molecule has 0 saturated carbocycles. The molecule has 1 heterocycles. The van der Waals surface area contributed by atoms with Gasteiger partial charge in [-0.1, -0.05) is 0 Å². The summed E-state index contributed by atoms with van der Waals surface area (Å²) in [5.41, 5.74) is 6.45. The van der Waals surface area contributed by atoms with Crippen molar-refractivity contribution in [2.75, 3.05) is 33.4 Å². The summed E-state index contributed by atoms with van der Waals surface area (Å²) in [6, 6.07) is 6.08. The number of nitrogens with two attached hydrogens (primary N) is 1. The van der Waals surface area contributed by atoms with Crippen molar-refractivity contribution in [1.82, 2.24) is 9.62 Å². The van der Waals surface area contributed by atoms with E-state index in [2.05, 4.69) is 4.72 Å². The summed E-state index contributed by atoms with van der Waals surface area (Å²) in [6.45, 7) is 3.82.